The van der Waals surface area contributed by atoms with Gasteiger partial charge in [-0.15, -0.1) is 0 Å². The summed E-state index contributed by atoms with van der Waals surface area (Å²) in [7, 11) is -3.34. The quantitative estimate of drug-likeness (QED) is 0.633. The molecule has 0 aromatic rings. The molecule has 0 aromatic carbocycles. The summed E-state index contributed by atoms with van der Waals surface area (Å²) in [5.74, 6) is 0. The maximum absolute atomic E-state index is 10.9. The monoisotopic (exact) mass is 235 g/mol. The fraction of sp³-hybridized carbons (Fsp3) is 1.00. The number of hydrogen-bond donors (Lipinski definition) is 0. The van der Waals surface area contributed by atoms with E-state index in [-0.39, 0.29) is 6.10 Å². The molecule has 6 heteroatoms. The number of nitrogens with zero attached hydrogens (tertiary/aromatic N) is 1. The third-order valence-corrected chi connectivity index (χ3v) is 3.52. The highest BCUT2D eigenvalue weighted by Gasteiger charge is 2.39. The second-order valence-electron chi connectivity index (χ2n) is 4.41. The van der Waals surface area contributed by atoms with E-state index in [0.29, 0.717) is 18.7 Å². The lowest BCUT2D eigenvalue weighted by Crippen LogP contribution is -2.41. The highest BCUT2D eigenvalue weighted by atomic mass is 32.2. The lowest BCUT2D eigenvalue weighted by Gasteiger charge is -2.28. The van der Waals surface area contributed by atoms with Gasteiger partial charge in [-0.05, 0) is 13.3 Å². The van der Waals surface area contributed by atoms with Crippen LogP contribution < -0.4 is 0 Å². The summed E-state index contributed by atoms with van der Waals surface area (Å²) in [6.45, 7) is 4.13. The molecule has 0 saturated carbocycles. The van der Waals surface area contributed by atoms with Crippen molar-refractivity contribution in [2.75, 3.05) is 26.0 Å². The van der Waals surface area contributed by atoms with Crippen molar-refractivity contribution in [2.24, 2.45) is 0 Å². The van der Waals surface area contributed by atoms with Crippen LogP contribution in [0.1, 0.15) is 13.3 Å². The first-order valence-corrected chi connectivity index (χ1v) is 6.99. The van der Waals surface area contributed by atoms with E-state index < -0.39 is 10.1 Å². The zero-order chi connectivity index (χ0) is 11.1. The average molecular weight is 235 g/mol. The van der Waals surface area contributed by atoms with Gasteiger partial charge in [0.15, 0.2) is 0 Å². The van der Waals surface area contributed by atoms with Crippen molar-refractivity contribution in [3.8, 4) is 0 Å². The van der Waals surface area contributed by atoms with Crippen LogP contribution in [0.25, 0.3) is 0 Å². The largest absolute Gasteiger partial charge is 0.375 e. The van der Waals surface area contributed by atoms with Crippen LogP contribution in [0.3, 0.4) is 0 Å². The van der Waals surface area contributed by atoms with Crippen molar-refractivity contribution >= 4 is 10.1 Å². The zero-order valence-electron chi connectivity index (χ0n) is 9.05. The fourth-order valence-corrected chi connectivity index (χ4v) is 3.02. The fourth-order valence-electron chi connectivity index (χ4n) is 2.36. The van der Waals surface area contributed by atoms with Crippen LogP contribution in [0, 0.1) is 0 Å². The van der Waals surface area contributed by atoms with Crippen LogP contribution >= 0.6 is 0 Å². The van der Waals surface area contributed by atoms with Crippen molar-refractivity contribution in [3.63, 3.8) is 0 Å². The van der Waals surface area contributed by atoms with Gasteiger partial charge in [0.1, 0.15) is 0 Å². The van der Waals surface area contributed by atoms with Gasteiger partial charge in [-0.3, -0.25) is 9.08 Å². The minimum absolute atomic E-state index is 0.278. The molecule has 15 heavy (non-hydrogen) atoms. The van der Waals surface area contributed by atoms with Gasteiger partial charge < -0.3 is 4.74 Å². The van der Waals surface area contributed by atoms with E-state index in [4.69, 9.17) is 8.92 Å². The first-order chi connectivity index (χ1) is 6.94. The van der Waals surface area contributed by atoms with Crippen molar-refractivity contribution in [3.05, 3.63) is 0 Å². The number of rotatable bonds is 4. The van der Waals surface area contributed by atoms with Crippen LogP contribution in [0.5, 0.6) is 0 Å². The summed E-state index contributed by atoms with van der Waals surface area (Å²) >= 11 is 0. The SMILES string of the molecule is C[C@@H](CN1C[C@H]2C[C@@H]1CO2)OS(C)(=O)=O. The minimum atomic E-state index is -3.34. The van der Waals surface area contributed by atoms with Gasteiger partial charge in [0.05, 0.1) is 25.1 Å². The van der Waals surface area contributed by atoms with Gasteiger partial charge in [0.25, 0.3) is 10.1 Å². The maximum atomic E-state index is 10.9. The summed E-state index contributed by atoms with van der Waals surface area (Å²) < 4.78 is 32.2. The average Bonchev–Trinajstić information content (AvgIpc) is 2.60. The Morgan fingerprint density at radius 1 is 1.60 bits per heavy atom. The van der Waals surface area contributed by atoms with E-state index in [1.165, 1.54) is 0 Å². The molecular weight excluding hydrogens is 218 g/mol. The number of ether oxygens (including phenoxy) is 1. The van der Waals surface area contributed by atoms with Gasteiger partial charge >= 0.3 is 0 Å². The van der Waals surface area contributed by atoms with Gasteiger partial charge in [-0.2, -0.15) is 8.42 Å². The van der Waals surface area contributed by atoms with Crippen LogP contribution in [0.15, 0.2) is 0 Å². The second-order valence-corrected chi connectivity index (χ2v) is 6.01. The third kappa shape index (κ3) is 2.90. The Morgan fingerprint density at radius 2 is 2.33 bits per heavy atom. The Kier molecular flexibility index (Phi) is 3.03. The van der Waals surface area contributed by atoms with E-state index in [1.807, 2.05) is 0 Å². The molecule has 2 aliphatic heterocycles. The van der Waals surface area contributed by atoms with Crippen molar-refractivity contribution in [1.82, 2.24) is 4.90 Å². The van der Waals surface area contributed by atoms with Crippen molar-refractivity contribution < 1.29 is 17.3 Å². The molecule has 0 N–H and O–H groups in total. The van der Waals surface area contributed by atoms with E-state index in [0.717, 1.165) is 25.8 Å². The molecule has 2 saturated heterocycles. The zero-order valence-corrected chi connectivity index (χ0v) is 9.87. The predicted octanol–water partition coefficient (Wildman–Crippen LogP) is -0.176. The van der Waals surface area contributed by atoms with E-state index in [9.17, 15) is 8.42 Å². The molecule has 88 valence electrons. The topological polar surface area (TPSA) is 55.8 Å². The van der Waals surface area contributed by atoms with Crippen molar-refractivity contribution in [2.45, 2.75) is 31.6 Å². The normalized spacial score (nSPS) is 33.5. The second kappa shape index (κ2) is 4.01. The number of likely N-dealkylation sites (tertiary alicyclic amines) is 1. The molecule has 2 bridgehead atoms. The lowest BCUT2D eigenvalue weighted by atomic mass is 10.2. The van der Waals surface area contributed by atoms with Gasteiger partial charge in [-0.25, -0.2) is 0 Å². The summed E-state index contributed by atoms with van der Waals surface area (Å²) in [5, 5.41) is 0. The molecule has 0 aliphatic carbocycles. The van der Waals surface area contributed by atoms with Gasteiger partial charge in [0, 0.05) is 19.1 Å². The highest BCUT2D eigenvalue weighted by Crippen LogP contribution is 2.27. The molecule has 2 aliphatic rings. The molecule has 2 heterocycles. The Hall–Kier alpha value is -0.170. The summed E-state index contributed by atoms with van der Waals surface area (Å²) in [6, 6.07) is 0.459. The molecule has 0 spiro atoms. The Labute approximate surface area is 90.5 Å². The molecule has 0 unspecified atom stereocenters. The first-order valence-electron chi connectivity index (χ1n) is 5.18. The van der Waals surface area contributed by atoms with E-state index in [2.05, 4.69) is 4.90 Å². The Balaban J connectivity index is 1.82. The molecular formula is C9H17NO4S. The summed E-state index contributed by atoms with van der Waals surface area (Å²) in [5.41, 5.74) is 0. The van der Waals surface area contributed by atoms with Gasteiger partial charge in [0.2, 0.25) is 0 Å². The number of fused-ring (bicyclic) bond motifs is 2. The Morgan fingerprint density at radius 3 is 2.80 bits per heavy atom. The smallest absolute Gasteiger partial charge is 0.264 e. The molecule has 2 fully saturated rings. The maximum Gasteiger partial charge on any atom is 0.264 e. The van der Waals surface area contributed by atoms with Crippen LogP contribution in [0.4, 0.5) is 0 Å². The van der Waals surface area contributed by atoms with E-state index in [1.54, 1.807) is 6.92 Å². The Bertz CT molecular complexity index is 329. The lowest BCUT2D eigenvalue weighted by molar-refractivity contribution is 0.0175. The number of morpholine rings is 1. The summed E-state index contributed by atoms with van der Waals surface area (Å²) in [6.07, 6.45) is 2.23. The highest BCUT2D eigenvalue weighted by molar-refractivity contribution is 7.86. The standard InChI is InChI=1S/C9H17NO4S/c1-7(14-15(2,11)12)4-10-5-9-3-8(10)6-13-9/h7-9H,3-6H2,1-2H3/t7-,8+,9+/m0/s1. The summed E-state index contributed by atoms with van der Waals surface area (Å²) in [4.78, 5) is 2.25. The third-order valence-electron chi connectivity index (χ3n) is 2.84. The molecule has 0 radical (unpaired) electrons. The van der Waals surface area contributed by atoms with Gasteiger partial charge in [-0.1, -0.05) is 0 Å². The van der Waals surface area contributed by atoms with Crippen molar-refractivity contribution in [1.29, 1.82) is 0 Å². The molecule has 3 atom stereocenters. The number of hydrogen-bond acceptors (Lipinski definition) is 5. The first kappa shape index (κ1) is 11.3. The van der Waals surface area contributed by atoms with E-state index >= 15 is 0 Å². The molecule has 5 nitrogen and oxygen atoms in total. The predicted molar refractivity (Wildman–Crippen MR) is 55.1 cm³/mol. The molecule has 2 rings (SSSR count). The molecule has 0 aromatic heterocycles. The van der Waals surface area contributed by atoms with Crippen LogP contribution in [-0.4, -0.2) is 57.5 Å². The van der Waals surface area contributed by atoms with Crippen LogP contribution in [0.2, 0.25) is 0 Å². The molecule has 0 amide bonds. The minimum Gasteiger partial charge on any atom is -0.375 e. The van der Waals surface area contributed by atoms with Crippen LogP contribution in [-0.2, 0) is 19.0 Å².